The van der Waals surface area contributed by atoms with Gasteiger partial charge in [-0.25, -0.2) is 4.98 Å². The largest absolute Gasteiger partial charge is 0.494 e. The smallest absolute Gasteiger partial charge is 0.212 e. The molecule has 1 heterocycles. The highest BCUT2D eigenvalue weighted by Crippen LogP contribution is 2.16. The molecule has 0 saturated heterocycles. The lowest BCUT2D eigenvalue weighted by Gasteiger charge is -2.04. The van der Waals surface area contributed by atoms with Gasteiger partial charge < -0.3 is 4.74 Å². The van der Waals surface area contributed by atoms with Crippen molar-refractivity contribution < 1.29 is 9.53 Å². The minimum atomic E-state index is -0.0668. The lowest BCUT2D eigenvalue weighted by Crippen LogP contribution is -2.02. The minimum Gasteiger partial charge on any atom is -0.494 e. The van der Waals surface area contributed by atoms with Gasteiger partial charge in [-0.1, -0.05) is 12.1 Å². The van der Waals surface area contributed by atoms with Crippen molar-refractivity contribution in [2.45, 2.75) is 6.92 Å². The van der Waals surface area contributed by atoms with E-state index < -0.39 is 0 Å². The van der Waals surface area contributed by atoms with Crippen molar-refractivity contribution >= 4 is 17.1 Å². The molecule has 0 N–H and O–H groups in total. The summed E-state index contributed by atoms with van der Waals surface area (Å²) in [6, 6.07) is 7.15. The molecule has 0 aliphatic rings. The number of carbonyl (C=O) groups excluding carboxylic acids is 1. The number of thiazole rings is 1. The van der Waals surface area contributed by atoms with Gasteiger partial charge in [-0.2, -0.15) is 0 Å². The maximum Gasteiger partial charge on any atom is 0.212 e. The number of ketones is 1. The third-order valence-electron chi connectivity index (χ3n) is 2.07. The molecule has 16 heavy (non-hydrogen) atoms. The lowest BCUT2D eigenvalue weighted by molar-refractivity contribution is 0.103. The van der Waals surface area contributed by atoms with Crippen LogP contribution in [0.4, 0.5) is 0 Å². The molecule has 0 aliphatic carbocycles. The number of carbonyl (C=O) groups is 1. The zero-order chi connectivity index (χ0) is 11.4. The van der Waals surface area contributed by atoms with Crippen molar-refractivity contribution in [1.82, 2.24) is 4.98 Å². The first-order valence-corrected chi connectivity index (χ1v) is 5.91. The number of benzene rings is 1. The Morgan fingerprint density at radius 1 is 1.50 bits per heavy atom. The normalized spacial score (nSPS) is 10.1. The van der Waals surface area contributed by atoms with Crippen LogP contribution in [0.1, 0.15) is 23.0 Å². The second-order valence-corrected chi connectivity index (χ2v) is 3.88. The molecule has 0 radical (unpaired) electrons. The number of aromatic nitrogens is 1. The van der Waals surface area contributed by atoms with Gasteiger partial charge in [0.2, 0.25) is 5.78 Å². The predicted molar refractivity (Wildman–Crippen MR) is 63.2 cm³/mol. The Morgan fingerprint density at radius 2 is 2.38 bits per heavy atom. The summed E-state index contributed by atoms with van der Waals surface area (Å²) in [7, 11) is 0. The van der Waals surface area contributed by atoms with Crippen LogP contribution in [0, 0.1) is 0 Å². The molecule has 3 nitrogen and oxygen atoms in total. The summed E-state index contributed by atoms with van der Waals surface area (Å²) in [4.78, 5) is 15.9. The van der Waals surface area contributed by atoms with Crippen molar-refractivity contribution in [2.75, 3.05) is 6.61 Å². The average molecular weight is 233 g/mol. The van der Waals surface area contributed by atoms with Crippen molar-refractivity contribution in [3.63, 3.8) is 0 Å². The summed E-state index contributed by atoms with van der Waals surface area (Å²) < 4.78 is 5.34. The van der Waals surface area contributed by atoms with Crippen LogP contribution in [0.3, 0.4) is 0 Å². The standard InChI is InChI=1S/C12H11NO2S/c1-2-15-10-5-3-4-9(6-10)12(14)11-7-16-8-13-11/h3-8H,2H2,1H3. The predicted octanol–water partition coefficient (Wildman–Crippen LogP) is 2.77. The summed E-state index contributed by atoms with van der Waals surface area (Å²) in [6.07, 6.45) is 0. The van der Waals surface area contributed by atoms with Gasteiger partial charge in [0.25, 0.3) is 0 Å². The van der Waals surface area contributed by atoms with Crippen LogP contribution in [0.5, 0.6) is 5.75 Å². The third-order valence-corrected chi connectivity index (χ3v) is 2.66. The first-order chi connectivity index (χ1) is 7.81. The molecular weight excluding hydrogens is 222 g/mol. The first-order valence-electron chi connectivity index (χ1n) is 4.97. The van der Waals surface area contributed by atoms with E-state index in [0.717, 1.165) is 0 Å². The highest BCUT2D eigenvalue weighted by Gasteiger charge is 2.11. The van der Waals surface area contributed by atoms with Crippen LogP contribution in [0.25, 0.3) is 0 Å². The van der Waals surface area contributed by atoms with Crippen molar-refractivity contribution in [1.29, 1.82) is 0 Å². The Hall–Kier alpha value is -1.68. The molecule has 1 aromatic carbocycles. The van der Waals surface area contributed by atoms with Crippen LogP contribution in [-0.2, 0) is 0 Å². The van der Waals surface area contributed by atoms with Crippen molar-refractivity contribution in [3.05, 3.63) is 46.4 Å². The second kappa shape index (κ2) is 4.90. The SMILES string of the molecule is CCOc1cccc(C(=O)c2cscn2)c1. The van der Waals surface area contributed by atoms with Gasteiger partial charge in [-0.15, -0.1) is 11.3 Å². The van der Waals surface area contributed by atoms with Crippen molar-refractivity contribution in [3.8, 4) is 5.75 Å². The van der Waals surface area contributed by atoms with Crippen LogP contribution >= 0.6 is 11.3 Å². The number of ether oxygens (including phenoxy) is 1. The molecule has 0 fully saturated rings. The van der Waals surface area contributed by atoms with E-state index in [4.69, 9.17) is 4.74 Å². The van der Waals surface area contributed by atoms with E-state index in [0.29, 0.717) is 23.6 Å². The Labute approximate surface area is 97.7 Å². The molecule has 0 amide bonds. The van der Waals surface area contributed by atoms with E-state index in [1.807, 2.05) is 19.1 Å². The van der Waals surface area contributed by atoms with E-state index in [9.17, 15) is 4.79 Å². The van der Waals surface area contributed by atoms with Crippen LogP contribution in [0.2, 0.25) is 0 Å². The molecule has 0 bridgehead atoms. The summed E-state index contributed by atoms with van der Waals surface area (Å²) >= 11 is 1.41. The molecule has 2 rings (SSSR count). The summed E-state index contributed by atoms with van der Waals surface area (Å²) in [6.45, 7) is 2.50. The monoisotopic (exact) mass is 233 g/mol. The van der Waals surface area contributed by atoms with Gasteiger partial charge in [0.15, 0.2) is 0 Å². The lowest BCUT2D eigenvalue weighted by atomic mass is 10.1. The zero-order valence-corrected chi connectivity index (χ0v) is 9.66. The maximum absolute atomic E-state index is 12.0. The molecule has 0 atom stereocenters. The summed E-state index contributed by atoms with van der Waals surface area (Å²) in [5.41, 5.74) is 2.75. The fraction of sp³-hybridized carbons (Fsp3) is 0.167. The maximum atomic E-state index is 12.0. The Balaban J connectivity index is 2.27. The number of rotatable bonds is 4. The molecule has 2 aromatic rings. The van der Waals surface area contributed by atoms with E-state index >= 15 is 0 Å². The second-order valence-electron chi connectivity index (χ2n) is 3.16. The van der Waals surface area contributed by atoms with E-state index in [-0.39, 0.29) is 5.78 Å². The highest BCUT2D eigenvalue weighted by atomic mass is 32.1. The molecule has 4 heteroatoms. The van der Waals surface area contributed by atoms with Gasteiger partial charge in [0.05, 0.1) is 12.1 Å². The summed E-state index contributed by atoms with van der Waals surface area (Å²) in [5, 5.41) is 1.75. The third kappa shape index (κ3) is 2.28. The molecular formula is C12H11NO2S. The van der Waals surface area contributed by atoms with Gasteiger partial charge in [-0.3, -0.25) is 4.79 Å². The van der Waals surface area contributed by atoms with Gasteiger partial charge >= 0.3 is 0 Å². The molecule has 82 valence electrons. The van der Waals surface area contributed by atoms with E-state index in [1.165, 1.54) is 11.3 Å². The van der Waals surface area contributed by atoms with Gasteiger partial charge in [-0.05, 0) is 19.1 Å². The number of hydrogen-bond acceptors (Lipinski definition) is 4. The van der Waals surface area contributed by atoms with E-state index in [1.54, 1.807) is 23.0 Å². The molecule has 0 aliphatic heterocycles. The average Bonchev–Trinajstić information content (AvgIpc) is 2.82. The summed E-state index contributed by atoms with van der Waals surface area (Å²) in [5.74, 6) is 0.645. The quantitative estimate of drug-likeness (QED) is 0.762. The highest BCUT2D eigenvalue weighted by molar-refractivity contribution is 7.07. The van der Waals surface area contributed by atoms with Gasteiger partial charge in [0.1, 0.15) is 11.4 Å². The van der Waals surface area contributed by atoms with Crippen molar-refractivity contribution in [2.24, 2.45) is 0 Å². The van der Waals surface area contributed by atoms with Gasteiger partial charge in [0, 0.05) is 10.9 Å². The Kier molecular flexibility index (Phi) is 3.31. The fourth-order valence-corrected chi connectivity index (χ4v) is 1.90. The first kappa shape index (κ1) is 10.8. The molecule has 0 spiro atoms. The topological polar surface area (TPSA) is 39.2 Å². The fourth-order valence-electron chi connectivity index (χ4n) is 1.37. The molecule has 0 saturated carbocycles. The minimum absolute atomic E-state index is 0.0668. The molecule has 0 unspecified atom stereocenters. The Bertz CT molecular complexity index is 480. The number of hydrogen-bond donors (Lipinski definition) is 0. The zero-order valence-electron chi connectivity index (χ0n) is 8.84. The van der Waals surface area contributed by atoms with Crippen LogP contribution < -0.4 is 4.74 Å². The molecule has 1 aromatic heterocycles. The Morgan fingerprint density at radius 3 is 3.06 bits per heavy atom. The van der Waals surface area contributed by atoms with E-state index in [2.05, 4.69) is 4.98 Å². The number of nitrogens with zero attached hydrogens (tertiary/aromatic N) is 1. The van der Waals surface area contributed by atoms with Crippen LogP contribution in [0.15, 0.2) is 35.2 Å². The van der Waals surface area contributed by atoms with Crippen LogP contribution in [-0.4, -0.2) is 17.4 Å².